The minimum atomic E-state index is -1.21. The van der Waals surface area contributed by atoms with E-state index in [0.717, 1.165) is 0 Å². The molecule has 90 valence electrons. The van der Waals surface area contributed by atoms with Crippen LogP contribution in [0.25, 0.3) is 0 Å². The van der Waals surface area contributed by atoms with Crippen LogP contribution in [-0.2, 0) is 9.59 Å². The molecule has 0 aliphatic rings. The Balaban J connectivity index is 2.99. The number of carbonyl (C=O) groups excluding carboxylic acids is 1. The molecule has 0 heterocycles. The lowest BCUT2D eigenvalue weighted by molar-refractivity contribution is -0.141. The summed E-state index contributed by atoms with van der Waals surface area (Å²) in [5, 5.41) is 19.9. The number of carboxylic acid groups (broad SMARTS) is 2. The minimum Gasteiger partial charge on any atom is -0.479 e. The second kappa shape index (κ2) is 5.11. The van der Waals surface area contributed by atoms with E-state index in [9.17, 15) is 14.4 Å². The van der Waals surface area contributed by atoms with Crippen LogP contribution in [0.3, 0.4) is 0 Å². The Labute approximate surface area is 96.9 Å². The molecule has 1 amide bonds. The number of hydrogen-bond donors (Lipinski definition) is 3. The van der Waals surface area contributed by atoms with Gasteiger partial charge in [-0.3, -0.25) is 4.79 Å². The molecule has 0 aliphatic heterocycles. The van der Waals surface area contributed by atoms with E-state index in [1.54, 1.807) is 0 Å². The molecular formula is C11H11NO5. The fourth-order valence-electron chi connectivity index (χ4n) is 1.31. The molecule has 3 N–H and O–H groups in total. The van der Waals surface area contributed by atoms with Gasteiger partial charge in [0.1, 0.15) is 0 Å². The van der Waals surface area contributed by atoms with E-state index in [4.69, 9.17) is 10.2 Å². The summed E-state index contributed by atoms with van der Waals surface area (Å²) in [6.07, 6.45) is 0. The van der Waals surface area contributed by atoms with E-state index in [-0.39, 0.29) is 5.56 Å². The van der Waals surface area contributed by atoms with Crippen molar-refractivity contribution in [1.82, 2.24) is 5.32 Å². The Morgan fingerprint density at radius 2 is 1.65 bits per heavy atom. The van der Waals surface area contributed by atoms with Crippen LogP contribution in [0.4, 0.5) is 0 Å². The van der Waals surface area contributed by atoms with Crippen LogP contribution in [0.2, 0.25) is 0 Å². The molecule has 1 atom stereocenters. The summed E-state index contributed by atoms with van der Waals surface area (Å²) in [6.45, 7) is 1.21. The van der Waals surface area contributed by atoms with Crippen molar-refractivity contribution in [3.8, 4) is 0 Å². The highest BCUT2D eigenvalue weighted by Gasteiger charge is 2.20. The van der Waals surface area contributed by atoms with Gasteiger partial charge in [0.05, 0.1) is 5.56 Å². The van der Waals surface area contributed by atoms with Crippen LogP contribution in [0, 0.1) is 0 Å². The van der Waals surface area contributed by atoms with Gasteiger partial charge in [0.25, 0.3) is 0 Å². The Bertz CT molecular complexity index is 451. The fourth-order valence-corrected chi connectivity index (χ4v) is 1.31. The number of benzene rings is 1. The van der Waals surface area contributed by atoms with E-state index < -0.39 is 23.9 Å². The number of carbonyl (C=O) groups is 3. The highest BCUT2D eigenvalue weighted by molar-refractivity contribution is 5.88. The Morgan fingerprint density at radius 3 is 2.00 bits per heavy atom. The first-order chi connectivity index (χ1) is 7.91. The van der Waals surface area contributed by atoms with Crippen LogP contribution in [0.1, 0.15) is 28.9 Å². The van der Waals surface area contributed by atoms with Gasteiger partial charge in [0.2, 0.25) is 5.91 Å². The summed E-state index contributed by atoms with van der Waals surface area (Å²) >= 11 is 0. The molecule has 0 aromatic heterocycles. The summed E-state index contributed by atoms with van der Waals surface area (Å²) in [7, 11) is 0. The fraction of sp³-hybridized carbons (Fsp3) is 0.182. The topological polar surface area (TPSA) is 104 Å². The maximum absolute atomic E-state index is 10.9. The van der Waals surface area contributed by atoms with Crippen molar-refractivity contribution in [2.24, 2.45) is 0 Å². The minimum absolute atomic E-state index is 0.0562. The first-order valence-corrected chi connectivity index (χ1v) is 4.75. The van der Waals surface area contributed by atoms with Gasteiger partial charge in [-0.05, 0) is 17.7 Å². The summed E-state index contributed by atoms with van der Waals surface area (Å²) in [5.74, 6) is -2.77. The van der Waals surface area contributed by atoms with Gasteiger partial charge in [0.15, 0.2) is 6.04 Å². The Hall–Kier alpha value is -2.37. The predicted octanol–water partition coefficient (Wildman–Crippen LogP) is 0.647. The van der Waals surface area contributed by atoms with Crippen molar-refractivity contribution in [1.29, 1.82) is 0 Å². The van der Waals surface area contributed by atoms with Crippen LogP contribution >= 0.6 is 0 Å². The number of nitrogens with one attached hydrogen (secondary N) is 1. The largest absolute Gasteiger partial charge is 0.479 e. The van der Waals surface area contributed by atoms with Gasteiger partial charge in [-0.25, -0.2) is 9.59 Å². The lowest BCUT2D eigenvalue weighted by atomic mass is 10.0. The van der Waals surface area contributed by atoms with Crippen molar-refractivity contribution < 1.29 is 24.6 Å². The van der Waals surface area contributed by atoms with E-state index >= 15 is 0 Å². The first kappa shape index (κ1) is 12.7. The summed E-state index contributed by atoms with van der Waals surface area (Å²) in [4.78, 5) is 32.4. The van der Waals surface area contributed by atoms with Gasteiger partial charge in [-0.2, -0.15) is 0 Å². The van der Waals surface area contributed by atoms with Crippen molar-refractivity contribution in [3.63, 3.8) is 0 Å². The number of amides is 1. The van der Waals surface area contributed by atoms with Gasteiger partial charge in [-0.1, -0.05) is 12.1 Å². The third-order valence-electron chi connectivity index (χ3n) is 2.09. The second-order valence-corrected chi connectivity index (χ2v) is 3.40. The van der Waals surface area contributed by atoms with Crippen molar-refractivity contribution >= 4 is 17.8 Å². The normalized spacial score (nSPS) is 11.6. The lowest BCUT2D eigenvalue weighted by Gasteiger charge is -2.13. The van der Waals surface area contributed by atoms with E-state index in [2.05, 4.69) is 5.32 Å². The average Bonchev–Trinajstić information content (AvgIpc) is 2.25. The number of carboxylic acids is 2. The molecule has 0 aliphatic carbocycles. The zero-order chi connectivity index (χ0) is 13.0. The Kier molecular flexibility index (Phi) is 3.82. The van der Waals surface area contributed by atoms with Crippen LogP contribution in [0.5, 0.6) is 0 Å². The molecule has 0 saturated carbocycles. The molecular weight excluding hydrogens is 226 g/mol. The maximum atomic E-state index is 10.9. The molecule has 0 spiro atoms. The molecule has 6 nitrogen and oxygen atoms in total. The van der Waals surface area contributed by atoms with Crippen molar-refractivity contribution in [2.45, 2.75) is 13.0 Å². The predicted molar refractivity (Wildman–Crippen MR) is 57.6 cm³/mol. The average molecular weight is 237 g/mol. The van der Waals surface area contributed by atoms with Gasteiger partial charge >= 0.3 is 11.9 Å². The summed E-state index contributed by atoms with van der Waals surface area (Å²) in [6, 6.07) is 4.12. The van der Waals surface area contributed by atoms with Crippen LogP contribution < -0.4 is 5.32 Å². The molecule has 6 heteroatoms. The highest BCUT2D eigenvalue weighted by atomic mass is 16.4. The van der Waals surface area contributed by atoms with E-state index in [1.165, 1.54) is 31.2 Å². The molecule has 0 fully saturated rings. The molecule has 17 heavy (non-hydrogen) atoms. The quantitative estimate of drug-likeness (QED) is 0.713. The van der Waals surface area contributed by atoms with E-state index in [0.29, 0.717) is 5.56 Å². The van der Waals surface area contributed by atoms with Gasteiger partial charge in [-0.15, -0.1) is 0 Å². The number of aromatic carboxylic acids is 1. The molecule has 0 saturated heterocycles. The summed E-state index contributed by atoms with van der Waals surface area (Å²) in [5.41, 5.74) is 0.374. The summed E-state index contributed by atoms with van der Waals surface area (Å²) < 4.78 is 0. The molecule has 0 radical (unpaired) electrons. The Morgan fingerprint density at radius 1 is 1.12 bits per heavy atom. The smallest absolute Gasteiger partial charge is 0.335 e. The zero-order valence-electron chi connectivity index (χ0n) is 9.01. The monoisotopic (exact) mass is 237 g/mol. The second-order valence-electron chi connectivity index (χ2n) is 3.40. The van der Waals surface area contributed by atoms with Gasteiger partial charge in [0, 0.05) is 6.92 Å². The molecule has 1 rings (SSSR count). The first-order valence-electron chi connectivity index (χ1n) is 4.75. The third-order valence-corrected chi connectivity index (χ3v) is 2.09. The highest BCUT2D eigenvalue weighted by Crippen LogP contribution is 2.14. The molecule has 1 unspecified atom stereocenters. The van der Waals surface area contributed by atoms with Gasteiger partial charge < -0.3 is 15.5 Å². The van der Waals surface area contributed by atoms with Crippen molar-refractivity contribution in [2.75, 3.05) is 0 Å². The van der Waals surface area contributed by atoms with Crippen molar-refractivity contribution in [3.05, 3.63) is 35.4 Å². The SMILES string of the molecule is CC(=O)NC(C(=O)O)c1ccc(C(=O)O)cc1. The maximum Gasteiger partial charge on any atom is 0.335 e. The van der Waals surface area contributed by atoms with E-state index in [1.807, 2.05) is 0 Å². The number of aliphatic carboxylic acids is 1. The third kappa shape index (κ3) is 3.30. The molecule has 0 bridgehead atoms. The van der Waals surface area contributed by atoms with Crippen LogP contribution in [-0.4, -0.2) is 28.1 Å². The molecule has 1 aromatic rings. The zero-order valence-corrected chi connectivity index (χ0v) is 9.01. The standard InChI is InChI=1S/C11H11NO5/c1-6(13)12-9(11(16)17)7-2-4-8(5-3-7)10(14)15/h2-5,9H,1H3,(H,12,13)(H,14,15)(H,16,17). The van der Waals surface area contributed by atoms with Crippen LogP contribution in [0.15, 0.2) is 24.3 Å². The number of hydrogen-bond acceptors (Lipinski definition) is 3. The molecule has 1 aromatic carbocycles. The lowest BCUT2D eigenvalue weighted by Crippen LogP contribution is -2.31. The number of rotatable bonds is 4.